The lowest BCUT2D eigenvalue weighted by molar-refractivity contribution is -0.187. The Morgan fingerprint density at radius 1 is 1.24 bits per heavy atom. The zero-order valence-corrected chi connectivity index (χ0v) is 11.7. The first kappa shape index (κ1) is 14.2. The predicted octanol–water partition coefficient (Wildman–Crippen LogP) is 4.41. The van der Waals surface area contributed by atoms with E-state index < -0.39 is 18.0 Å². The van der Waals surface area contributed by atoms with Crippen molar-refractivity contribution in [3.05, 3.63) is 24.0 Å². The topological polar surface area (TPSA) is 37.9 Å². The summed E-state index contributed by atoms with van der Waals surface area (Å²) in [7, 11) is 1.55. The van der Waals surface area contributed by atoms with E-state index in [0.29, 0.717) is 29.9 Å². The molecule has 1 aromatic heterocycles. The second-order valence-electron chi connectivity index (χ2n) is 5.54. The minimum Gasteiger partial charge on any atom is -0.497 e. The highest BCUT2D eigenvalue weighted by Crippen LogP contribution is 2.45. The van der Waals surface area contributed by atoms with Crippen molar-refractivity contribution in [3.8, 4) is 5.75 Å². The Balaban J connectivity index is 1.97. The van der Waals surface area contributed by atoms with Gasteiger partial charge in [-0.2, -0.15) is 13.2 Å². The lowest BCUT2D eigenvalue weighted by atomic mass is 9.78. The van der Waals surface area contributed by atoms with Crippen LogP contribution >= 0.6 is 0 Å². The van der Waals surface area contributed by atoms with Crippen LogP contribution in [0.3, 0.4) is 0 Å². The molecule has 0 radical (unpaired) electrons. The van der Waals surface area contributed by atoms with Crippen LogP contribution in [0.4, 0.5) is 13.2 Å². The van der Waals surface area contributed by atoms with Gasteiger partial charge in [0.25, 0.3) is 0 Å². The Labute approximate surface area is 120 Å². The van der Waals surface area contributed by atoms with Gasteiger partial charge in [0, 0.05) is 12.0 Å². The van der Waals surface area contributed by atoms with Crippen molar-refractivity contribution < 1.29 is 17.9 Å². The van der Waals surface area contributed by atoms with E-state index in [1.807, 2.05) is 0 Å². The lowest BCUT2D eigenvalue weighted by Crippen LogP contribution is -2.32. The predicted molar refractivity (Wildman–Crippen MR) is 73.4 cm³/mol. The second kappa shape index (κ2) is 5.24. The van der Waals surface area contributed by atoms with E-state index in [1.54, 1.807) is 25.3 Å². The molecule has 1 aliphatic carbocycles. The highest BCUT2D eigenvalue weighted by Gasteiger charge is 2.46. The van der Waals surface area contributed by atoms with Crippen LogP contribution in [0.25, 0.3) is 11.0 Å². The van der Waals surface area contributed by atoms with Gasteiger partial charge >= 0.3 is 6.18 Å². The van der Waals surface area contributed by atoms with Gasteiger partial charge in [-0.1, -0.05) is 12.8 Å². The number of hydrogen-bond donors (Lipinski definition) is 1. The maximum atomic E-state index is 13.2. The van der Waals surface area contributed by atoms with Gasteiger partial charge in [0.15, 0.2) is 0 Å². The van der Waals surface area contributed by atoms with Gasteiger partial charge in [-0.05, 0) is 25.0 Å². The molecule has 6 heteroatoms. The van der Waals surface area contributed by atoms with Gasteiger partial charge in [0.05, 0.1) is 24.1 Å². The van der Waals surface area contributed by atoms with Crippen molar-refractivity contribution in [2.45, 2.75) is 37.8 Å². The Kier molecular flexibility index (Phi) is 3.55. The quantitative estimate of drug-likeness (QED) is 0.892. The van der Waals surface area contributed by atoms with Crippen LogP contribution in [-0.2, 0) is 0 Å². The van der Waals surface area contributed by atoms with Crippen LogP contribution in [-0.4, -0.2) is 23.3 Å². The molecule has 2 atom stereocenters. The fourth-order valence-electron chi connectivity index (χ4n) is 3.16. The molecule has 114 valence electrons. The average molecular weight is 298 g/mol. The van der Waals surface area contributed by atoms with Gasteiger partial charge in [-0.3, -0.25) is 0 Å². The molecule has 1 N–H and O–H groups in total. The fraction of sp³-hybridized carbons (Fsp3) is 0.533. The molecule has 1 fully saturated rings. The number of halogens is 3. The number of H-pyrrole nitrogens is 1. The summed E-state index contributed by atoms with van der Waals surface area (Å²) in [5.41, 5.74) is 1.40. The lowest BCUT2D eigenvalue weighted by Gasteiger charge is -2.31. The van der Waals surface area contributed by atoms with Crippen LogP contribution in [0, 0.1) is 5.92 Å². The van der Waals surface area contributed by atoms with Crippen molar-refractivity contribution in [3.63, 3.8) is 0 Å². The highest BCUT2D eigenvalue weighted by atomic mass is 19.4. The van der Waals surface area contributed by atoms with Crippen molar-refractivity contribution in [2.75, 3.05) is 7.11 Å². The fourth-order valence-corrected chi connectivity index (χ4v) is 3.16. The number of alkyl halides is 3. The molecule has 0 aliphatic heterocycles. The molecule has 2 aromatic rings. The SMILES string of the molecule is COc1ccc2nc(C3CCCCC3C(F)(F)F)[nH]c2c1. The molecule has 1 heterocycles. The summed E-state index contributed by atoms with van der Waals surface area (Å²) in [6.45, 7) is 0. The normalized spacial score (nSPS) is 23.4. The number of aromatic amines is 1. The Bertz CT molecular complexity index is 635. The first-order valence-corrected chi connectivity index (χ1v) is 7.09. The smallest absolute Gasteiger partial charge is 0.392 e. The number of fused-ring (bicyclic) bond motifs is 1. The largest absolute Gasteiger partial charge is 0.497 e. The number of hydrogen-bond acceptors (Lipinski definition) is 2. The second-order valence-corrected chi connectivity index (χ2v) is 5.54. The van der Waals surface area contributed by atoms with Crippen LogP contribution in [0.5, 0.6) is 5.75 Å². The van der Waals surface area contributed by atoms with Gasteiger partial charge in [0.1, 0.15) is 11.6 Å². The molecule has 3 nitrogen and oxygen atoms in total. The Morgan fingerprint density at radius 2 is 2.00 bits per heavy atom. The summed E-state index contributed by atoms with van der Waals surface area (Å²) in [6, 6.07) is 5.28. The maximum Gasteiger partial charge on any atom is 0.392 e. The van der Waals surface area contributed by atoms with Crippen LogP contribution in [0.2, 0.25) is 0 Å². The zero-order chi connectivity index (χ0) is 15.0. The summed E-state index contributed by atoms with van der Waals surface area (Å²) in [5, 5.41) is 0. The number of ether oxygens (including phenoxy) is 1. The number of rotatable bonds is 2. The van der Waals surface area contributed by atoms with Gasteiger partial charge in [0.2, 0.25) is 0 Å². The number of nitrogens with zero attached hydrogens (tertiary/aromatic N) is 1. The van der Waals surface area contributed by atoms with E-state index in [4.69, 9.17) is 4.74 Å². The molecule has 1 aliphatic rings. The molecule has 0 amide bonds. The van der Waals surface area contributed by atoms with E-state index in [9.17, 15) is 13.2 Å². The highest BCUT2D eigenvalue weighted by molar-refractivity contribution is 5.76. The van der Waals surface area contributed by atoms with Crippen molar-refractivity contribution in [2.24, 2.45) is 5.92 Å². The zero-order valence-electron chi connectivity index (χ0n) is 11.7. The number of benzene rings is 1. The van der Waals surface area contributed by atoms with Crippen LogP contribution in [0.1, 0.15) is 37.4 Å². The first-order chi connectivity index (χ1) is 9.99. The van der Waals surface area contributed by atoms with Gasteiger partial charge < -0.3 is 9.72 Å². The number of aromatic nitrogens is 2. The van der Waals surface area contributed by atoms with Crippen molar-refractivity contribution >= 4 is 11.0 Å². The summed E-state index contributed by atoms with van der Waals surface area (Å²) in [6.07, 6.45) is -2.00. The minimum absolute atomic E-state index is 0.189. The molecular formula is C15H17F3N2O. The van der Waals surface area contributed by atoms with E-state index in [1.165, 1.54) is 0 Å². The summed E-state index contributed by atoms with van der Waals surface area (Å²) in [4.78, 5) is 7.42. The van der Waals surface area contributed by atoms with Gasteiger partial charge in [-0.15, -0.1) is 0 Å². The van der Waals surface area contributed by atoms with Gasteiger partial charge in [-0.25, -0.2) is 4.98 Å². The summed E-state index contributed by atoms with van der Waals surface area (Å²) in [5.74, 6) is -0.764. The standard InChI is InChI=1S/C15H17F3N2O/c1-21-9-6-7-12-13(8-9)20-14(19-12)10-4-2-3-5-11(10)15(16,17)18/h6-8,10-11H,2-5H2,1H3,(H,19,20). The molecule has 1 aromatic carbocycles. The van der Waals surface area contributed by atoms with E-state index in [-0.39, 0.29) is 6.42 Å². The summed E-state index contributed by atoms with van der Waals surface area (Å²) < 4.78 is 44.7. The molecule has 2 unspecified atom stereocenters. The summed E-state index contributed by atoms with van der Waals surface area (Å²) >= 11 is 0. The number of methoxy groups -OCH3 is 1. The number of nitrogens with one attached hydrogen (secondary N) is 1. The van der Waals surface area contributed by atoms with Crippen molar-refractivity contribution in [1.29, 1.82) is 0 Å². The monoisotopic (exact) mass is 298 g/mol. The Hall–Kier alpha value is -1.72. The molecule has 0 saturated heterocycles. The maximum absolute atomic E-state index is 13.2. The van der Waals surface area contributed by atoms with Crippen LogP contribution in [0.15, 0.2) is 18.2 Å². The van der Waals surface area contributed by atoms with Crippen molar-refractivity contribution in [1.82, 2.24) is 9.97 Å². The third kappa shape index (κ3) is 2.71. The van der Waals surface area contributed by atoms with E-state index in [0.717, 1.165) is 11.9 Å². The average Bonchev–Trinajstić information content (AvgIpc) is 2.89. The molecule has 1 saturated carbocycles. The molecule has 0 spiro atoms. The third-order valence-electron chi connectivity index (χ3n) is 4.24. The third-order valence-corrected chi connectivity index (χ3v) is 4.24. The number of imidazole rings is 1. The first-order valence-electron chi connectivity index (χ1n) is 7.09. The molecule has 3 rings (SSSR count). The molecule has 21 heavy (non-hydrogen) atoms. The van der Waals surface area contributed by atoms with Crippen LogP contribution < -0.4 is 4.74 Å². The van der Waals surface area contributed by atoms with E-state index in [2.05, 4.69) is 9.97 Å². The molecule has 0 bridgehead atoms. The molecular weight excluding hydrogens is 281 g/mol. The minimum atomic E-state index is -4.16. The Morgan fingerprint density at radius 3 is 2.71 bits per heavy atom. The van der Waals surface area contributed by atoms with E-state index >= 15 is 0 Å².